The number of pyridine rings is 2. The number of benzene rings is 3. The van der Waals surface area contributed by atoms with Gasteiger partial charge in [0.25, 0.3) is 0 Å². The van der Waals surface area contributed by atoms with Gasteiger partial charge in [0.15, 0.2) is 11.6 Å². The average Bonchev–Trinajstić information content (AvgIpc) is 2.85. The summed E-state index contributed by atoms with van der Waals surface area (Å²) < 4.78 is 0. The Kier molecular flexibility index (Phi) is 6.99. The van der Waals surface area contributed by atoms with Crippen LogP contribution in [0.2, 0.25) is 0 Å². The van der Waals surface area contributed by atoms with E-state index in [-0.39, 0.29) is 60.9 Å². The van der Waals surface area contributed by atoms with E-state index in [0.29, 0.717) is 16.8 Å². The van der Waals surface area contributed by atoms with Crippen LogP contribution in [-0.4, -0.2) is 21.5 Å². The molecule has 4 nitrogen and oxygen atoms in total. The summed E-state index contributed by atoms with van der Waals surface area (Å²) in [6.07, 6.45) is 1.73. The van der Waals surface area contributed by atoms with Gasteiger partial charge in [-0.05, 0) is 24.3 Å². The van der Waals surface area contributed by atoms with E-state index in [1.165, 1.54) is 0 Å². The van der Waals surface area contributed by atoms with Crippen LogP contribution in [-0.2, 0) is 0 Å². The van der Waals surface area contributed by atoms with Crippen molar-refractivity contribution >= 4 is 33.4 Å². The molecule has 0 aliphatic carbocycles. The van der Waals surface area contributed by atoms with Crippen LogP contribution in [0.15, 0.2) is 103 Å². The maximum atomic E-state index is 13.5. The first-order chi connectivity index (χ1) is 15.2. The number of ketones is 2. The standard InChI is InChI=1S/C27H18N2O2.Eu/c30-26(19-8-3-1-4-9-19)24(27(31)20-10-5-2-6-11-20)23-16-14-18-13-15-22-21(25(18)29-23)12-7-17-28-22;/h1-17,24H;. The molecule has 2 aromatic heterocycles. The van der Waals surface area contributed by atoms with Crippen LogP contribution in [0.3, 0.4) is 0 Å². The molecule has 1 radical (unpaired) electrons. The number of rotatable bonds is 5. The van der Waals surface area contributed by atoms with Gasteiger partial charge < -0.3 is 0 Å². The smallest absolute Gasteiger partial charge is 0.179 e. The molecule has 5 aromatic rings. The summed E-state index contributed by atoms with van der Waals surface area (Å²) in [6.45, 7) is 0. The molecular formula is C27H18EuN2O2. The Balaban J connectivity index is 0.00000245. The molecule has 0 aliphatic rings. The molecule has 0 bridgehead atoms. The fraction of sp³-hybridized carbons (Fsp3) is 0.0370. The van der Waals surface area contributed by atoms with Gasteiger partial charge in [0.1, 0.15) is 5.92 Å². The van der Waals surface area contributed by atoms with Crippen LogP contribution in [0, 0.1) is 49.4 Å². The zero-order valence-electron chi connectivity index (χ0n) is 17.0. The molecular weight excluding hydrogens is 536 g/mol. The van der Waals surface area contributed by atoms with Crippen molar-refractivity contribution in [2.45, 2.75) is 5.92 Å². The molecule has 0 aliphatic heterocycles. The minimum Gasteiger partial charge on any atom is -0.293 e. The molecule has 32 heavy (non-hydrogen) atoms. The number of carbonyl (C=O) groups is 2. The van der Waals surface area contributed by atoms with E-state index in [9.17, 15) is 9.59 Å². The zero-order chi connectivity index (χ0) is 21.2. The molecule has 5 rings (SSSR count). The second-order valence-corrected chi connectivity index (χ2v) is 7.34. The summed E-state index contributed by atoms with van der Waals surface area (Å²) in [4.78, 5) is 36.2. The van der Waals surface area contributed by atoms with Crippen molar-refractivity contribution in [2.75, 3.05) is 0 Å². The maximum Gasteiger partial charge on any atom is 0.179 e. The Bertz CT molecular complexity index is 1370. The quantitative estimate of drug-likeness (QED) is 0.161. The van der Waals surface area contributed by atoms with Crippen LogP contribution >= 0.6 is 0 Å². The van der Waals surface area contributed by atoms with Gasteiger partial charge in [-0.2, -0.15) is 0 Å². The summed E-state index contributed by atoms with van der Waals surface area (Å²) >= 11 is 0. The topological polar surface area (TPSA) is 59.9 Å². The third-order valence-electron chi connectivity index (χ3n) is 5.40. The molecule has 155 valence electrons. The fourth-order valence-corrected chi connectivity index (χ4v) is 3.84. The monoisotopic (exact) mass is 555 g/mol. The molecule has 0 amide bonds. The Morgan fingerprint density at radius 2 is 1.25 bits per heavy atom. The van der Waals surface area contributed by atoms with E-state index in [4.69, 9.17) is 4.98 Å². The van der Waals surface area contributed by atoms with Crippen LogP contribution in [0.25, 0.3) is 21.8 Å². The molecule has 0 unspecified atom stereocenters. The predicted molar refractivity (Wildman–Crippen MR) is 121 cm³/mol. The third-order valence-corrected chi connectivity index (χ3v) is 5.40. The van der Waals surface area contributed by atoms with Gasteiger partial charge in [-0.15, -0.1) is 0 Å². The van der Waals surface area contributed by atoms with E-state index in [0.717, 1.165) is 21.8 Å². The van der Waals surface area contributed by atoms with Crippen LogP contribution in [0.5, 0.6) is 0 Å². The van der Waals surface area contributed by atoms with Crippen molar-refractivity contribution < 1.29 is 59.0 Å². The molecule has 2 heterocycles. The summed E-state index contributed by atoms with van der Waals surface area (Å²) in [5.74, 6) is -1.56. The number of hydrogen-bond acceptors (Lipinski definition) is 4. The van der Waals surface area contributed by atoms with E-state index in [2.05, 4.69) is 4.98 Å². The summed E-state index contributed by atoms with van der Waals surface area (Å²) in [5.41, 5.74) is 2.96. The minimum absolute atomic E-state index is 0. The van der Waals surface area contributed by atoms with Gasteiger partial charge in [-0.25, -0.2) is 0 Å². The number of nitrogens with zero attached hydrogens (tertiary/aromatic N) is 2. The van der Waals surface area contributed by atoms with Gasteiger partial charge >= 0.3 is 0 Å². The van der Waals surface area contributed by atoms with Crippen LogP contribution < -0.4 is 0 Å². The van der Waals surface area contributed by atoms with Crippen molar-refractivity contribution in [3.8, 4) is 0 Å². The summed E-state index contributed by atoms with van der Waals surface area (Å²) in [6, 6.07) is 29.2. The van der Waals surface area contributed by atoms with E-state index < -0.39 is 5.92 Å². The Morgan fingerprint density at radius 1 is 0.656 bits per heavy atom. The first kappa shape index (κ1) is 22.6. The first-order valence-corrected chi connectivity index (χ1v) is 10.1. The molecule has 0 fully saturated rings. The van der Waals surface area contributed by atoms with Gasteiger partial charge in [-0.3, -0.25) is 19.6 Å². The van der Waals surface area contributed by atoms with Crippen molar-refractivity contribution in [3.63, 3.8) is 0 Å². The van der Waals surface area contributed by atoms with Gasteiger partial charge in [0.2, 0.25) is 0 Å². The summed E-state index contributed by atoms with van der Waals surface area (Å²) in [5, 5.41) is 1.82. The largest absolute Gasteiger partial charge is 0.293 e. The molecule has 3 aromatic carbocycles. The average molecular weight is 554 g/mol. The van der Waals surface area contributed by atoms with Gasteiger partial charge in [0, 0.05) is 77.5 Å². The number of carbonyl (C=O) groups excluding carboxylic acids is 2. The SMILES string of the molecule is O=C(c1ccccc1)C(C(=O)c1ccccc1)c1ccc2ccc3ncccc3c2n1.[Eu]. The number of fused-ring (bicyclic) bond motifs is 3. The Labute approximate surface area is 226 Å². The second-order valence-electron chi connectivity index (χ2n) is 7.34. The minimum atomic E-state index is -1.03. The fourth-order valence-electron chi connectivity index (χ4n) is 3.84. The first-order valence-electron chi connectivity index (χ1n) is 10.1. The number of Topliss-reactive ketones (excluding diaryl/α,β-unsaturated/α-hetero) is 2. The van der Waals surface area contributed by atoms with Crippen LogP contribution in [0.1, 0.15) is 32.3 Å². The van der Waals surface area contributed by atoms with E-state index >= 15 is 0 Å². The van der Waals surface area contributed by atoms with E-state index in [1.54, 1.807) is 60.8 Å². The van der Waals surface area contributed by atoms with Crippen molar-refractivity contribution in [2.24, 2.45) is 0 Å². The number of aromatic nitrogens is 2. The molecule has 0 atom stereocenters. The Morgan fingerprint density at radius 3 is 1.88 bits per heavy atom. The number of hydrogen-bond donors (Lipinski definition) is 0. The van der Waals surface area contributed by atoms with Gasteiger partial charge in [0.05, 0.1) is 16.7 Å². The maximum absolute atomic E-state index is 13.5. The molecule has 5 heteroatoms. The molecule has 0 N–H and O–H groups in total. The molecule has 0 spiro atoms. The molecule has 0 saturated heterocycles. The normalized spacial score (nSPS) is 10.8. The van der Waals surface area contributed by atoms with Crippen molar-refractivity contribution in [3.05, 3.63) is 120 Å². The zero-order valence-corrected chi connectivity index (χ0v) is 19.4. The van der Waals surface area contributed by atoms with Crippen LogP contribution in [0.4, 0.5) is 0 Å². The van der Waals surface area contributed by atoms with Crippen molar-refractivity contribution in [1.29, 1.82) is 0 Å². The third kappa shape index (κ3) is 4.33. The van der Waals surface area contributed by atoms with Crippen molar-refractivity contribution in [1.82, 2.24) is 9.97 Å². The summed E-state index contributed by atoms with van der Waals surface area (Å²) in [7, 11) is 0. The Hall–Kier alpha value is -2.60. The van der Waals surface area contributed by atoms with Gasteiger partial charge in [-0.1, -0.05) is 72.8 Å². The predicted octanol–water partition coefficient (Wildman–Crippen LogP) is 5.63. The van der Waals surface area contributed by atoms with E-state index in [1.807, 2.05) is 42.5 Å². The molecule has 0 saturated carbocycles. The second kappa shape index (κ2) is 9.91.